The average molecular weight is 314 g/mol. The van der Waals surface area contributed by atoms with Crippen LogP contribution in [0.15, 0.2) is 28.7 Å². The van der Waals surface area contributed by atoms with Gasteiger partial charge in [0.05, 0.1) is 10.1 Å². The van der Waals surface area contributed by atoms with E-state index in [1.54, 1.807) is 6.07 Å². The van der Waals surface area contributed by atoms with E-state index in [0.29, 0.717) is 12.3 Å². The number of rotatable bonds is 5. The van der Waals surface area contributed by atoms with E-state index < -0.39 is 5.60 Å². The smallest absolute Gasteiger partial charge is 0.258 e. The molecule has 4 nitrogen and oxygen atoms in total. The molecule has 0 saturated heterocycles. The lowest BCUT2D eigenvalue weighted by atomic mass is 9.80. The number of carbonyl (C=O) groups is 1. The molecule has 98 valence electrons. The van der Waals surface area contributed by atoms with Crippen molar-refractivity contribution in [2.75, 3.05) is 13.2 Å². The van der Waals surface area contributed by atoms with Crippen LogP contribution in [0.3, 0.4) is 0 Å². The minimum Gasteiger partial charge on any atom is -0.483 e. The maximum absolute atomic E-state index is 11.6. The van der Waals surface area contributed by atoms with E-state index in [2.05, 4.69) is 21.2 Å². The normalized spacial score (nSPS) is 16.8. The SMILES string of the molecule is O=C(COc1ccccc1Br)NCC1(O)CCC1. The highest BCUT2D eigenvalue weighted by Crippen LogP contribution is 2.30. The van der Waals surface area contributed by atoms with E-state index >= 15 is 0 Å². The predicted molar refractivity (Wildman–Crippen MR) is 71.4 cm³/mol. The minimum atomic E-state index is -0.691. The topological polar surface area (TPSA) is 58.6 Å². The molecule has 1 fully saturated rings. The van der Waals surface area contributed by atoms with Gasteiger partial charge in [-0.2, -0.15) is 0 Å². The molecule has 0 heterocycles. The van der Waals surface area contributed by atoms with Gasteiger partial charge in [-0.25, -0.2) is 0 Å². The molecule has 5 heteroatoms. The summed E-state index contributed by atoms with van der Waals surface area (Å²) >= 11 is 3.34. The minimum absolute atomic E-state index is 0.0430. The van der Waals surface area contributed by atoms with Crippen LogP contribution in [0.4, 0.5) is 0 Å². The lowest BCUT2D eigenvalue weighted by Gasteiger charge is -2.36. The molecule has 1 saturated carbocycles. The molecule has 0 spiro atoms. The Balaban J connectivity index is 1.73. The molecule has 2 rings (SSSR count). The second-order valence-corrected chi connectivity index (χ2v) is 5.43. The number of nitrogens with one attached hydrogen (secondary N) is 1. The maximum atomic E-state index is 11.6. The highest BCUT2D eigenvalue weighted by molar-refractivity contribution is 9.10. The number of hydrogen-bond donors (Lipinski definition) is 2. The van der Waals surface area contributed by atoms with E-state index in [1.807, 2.05) is 18.2 Å². The summed E-state index contributed by atoms with van der Waals surface area (Å²) in [5.74, 6) is 0.418. The van der Waals surface area contributed by atoms with Crippen molar-refractivity contribution in [2.24, 2.45) is 0 Å². The van der Waals surface area contributed by atoms with E-state index in [-0.39, 0.29) is 12.5 Å². The molecule has 0 aromatic heterocycles. The van der Waals surface area contributed by atoms with E-state index in [9.17, 15) is 9.90 Å². The second kappa shape index (κ2) is 5.71. The van der Waals surface area contributed by atoms with E-state index in [0.717, 1.165) is 23.7 Å². The fraction of sp³-hybridized carbons (Fsp3) is 0.462. The van der Waals surface area contributed by atoms with E-state index in [4.69, 9.17) is 4.74 Å². The molecular weight excluding hydrogens is 298 g/mol. The quantitative estimate of drug-likeness (QED) is 0.872. The highest BCUT2D eigenvalue weighted by atomic mass is 79.9. The zero-order chi connectivity index (χ0) is 13.0. The summed E-state index contributed by atoms with van der Waals surface area (Å²) < 4.78 is 6.19. The number of halogens is 1. The summed E-state index contributed by atoms with van der Waals surface area (Å²) in [5, 5.41) is 12.5. The Morgan fingerprint density at radius 1 is 1.44 bits per heavy atom. The van der Waals surface area contributed by atoms with Crippen molar-refractivity contribution >= 4 is 21.8 Å². The second-order valence-electron chi connectivity index (χ2n) is 4.57. The first-order valence-corrected chi connectivity index (χ1v) is 6.75. The van der Waals surface area contributed by atoms with Crippen molar-refractivity contribution in [3.05, 3.63) is 28.7 Å². The van der Waals surface area contributed by atoms with Gasteiger partial charge in [0.15, 0.2) is 6.61 Å². The molecular formula is C13H16BrNO3. The van der Waals surface area contributed by atoms with Crippen molar-refractivity contribution in [2.45, 2.75) is 24.9 Å². The van der Waals surface area contributed by atoms with Gasteiger partial charge in [0.2, 0.25) is 0 Å². The van der Waals surface area contributed by atoms with Crippen molar-refractivity contribution in [3.8, 4) is 5.75 Å². The Bertz CT molecular complexity index is 432. The first kappa shape index (κ1) is 13.4. The molecule has 0 bridgehead atoms. The van der Waals surface area contributed by atoms with Gasteiger partial charge in [0.25, 0.3) is 5.91 Å². The van der Waals surface area contributed by atoms with Crippen LogP contribution in [-0.2, 0) is 4.79 Å². The Kier molecular flexibility index (Phi) is 4.24. The van der Waals surface area contributed by atoms with Crippen molar-refractivity contribution in [3.63, 3.8) is 0 Å². The average Bonchev–Trinajstić information content (AvgIpc) is 2.33. The maximum Gasteiger partial charge on any atom is 0.258 e. The van der Waals surface area contributed by atoms with Gasteiger partial charge >= 0.3 is 0 Å². The zero-order valence-corrected chi connectivity index (χ0v) is 11.6. The third-order valence-electron chi connectivity index (χ3n) is 3.09. The Morgan fingerprint density at radius 3 is 2.78 bits per heavy atom. The molecule has 18 heavy (non-hydrogen) atoms. The fourth-order valence-electron chi connectivity index (χ4n) is 1.78. The number of benzene rings is 1. The summed E-state index contributed by atoms with van der Waals surface area (Å²) in [7, 11) is 0. The summed E-state index contributed by atoms with van der Waals surface area (Å²) in [6.45, 7) is 0.268. The van der Waals surface area contributed by atoms with Crippen LogP contribution >= 0.6 is 15.9 Å². The number of para-hydroxylation sites is 1. The first-order chi connectivity index (χ1) is 8.59. The molecule has 2 N–H and O–H groups in total. The molecule has 0 atom stereocenters. The number of aliphatic hydroxyl groups is 1. The summed E-state index contributed by atoms with van der Waals surface area (Å²) in [6, 6.07) is 7.36. The molecule has 1 aromatic rings. The van der Waals surface area contributed by atoms with Crippen LogP contribution in [0.25, 0.3) is 0 Å². The Morgan fingerprint density at radius 2 is 2.17 bits per heavy atom. The summed E-state index contributed by atoms with van der Waals surface area (Å²) in [6.07, 6.45) is 2.55. The summed E-state index contributed by atoms with van der Waals surface area (Å²) in [4.78, 5) is 11.6. The number of hydrogen-bond acceptors (Lipinski definition) is 3. The Labute approximate surface area is 114 Å². The van der Waals surface area contributed by atoms with Crippen LogP contribution in [0, 0.1) is 0 Å². The van der Waals surface area contributed by atoms with Crippen LogP contribution in [0.1, 0.15) is 19.3 Å². The van der Waals surface area contributed by atoms with Crippen LogP contribution in [-0.4, -0.2) is 29.8 Å². The first-order valence-electron chi connectivity index (χ1n) is 5.95. The van der Waals surface area contributed by atoms with Crippen LogP contribution < -0.4 is 10.1 Å². The fourth-order valence-corrected chi connectivity index (χ4v) is 2.18. The Hall–Kier alpha value is -1.07. The largest absolute Gasteiger partial charge is 0.483 e. The van der Waals surface area contributed by atoms with Crippen LogP contribution in [0.2, 0.25) is 0 Å². The van der Waals surface area contributed by atoms with Gasteiger partial charge in [-0.15, -0.1) is 0 Å². The van der Waals surface area contributed by atoms with Crippen molar-refractivity contribution < 1.29 is 14.6 Å². The molecule has 1 aromatic carbocycles. The van der Waals surface area contributed by atoms with Gasteiger partial charge in [0, 0.05) is 6.54 Å². The molecule has 0 aliphatic heterocycles. The zero-order valence-electron chi connectivity index (χ0n) is 9.99. The number of ether oxygens (including phenoxy) is 1. The van der Waals surface area contributed by atoms with Gasteiger partial charge < -0.3 is 15.2 Å². The van der Waals surface area contributed by atoms with Crippen LogP contribution in [0.5, 0.6) is 5.75 Å². The van der Waals surface area contributed by atoms with Gasteiger partial charge in [-0.3, -0.25) is 4.79 Å². The lowest BCUT2D eigenvalue weighted by molar-refractivity contribution is -0.125. The van der Waals surface area contributed by atoms with Gasteiger partial charge in [-0.05, 0) is 47.3 Å². The third kappa shape index (κ3) is 3.46. The monoisotopic (exact) mass is 313 g/mol. The standard InChI is InChI=1S/C13H16BrNO3/c14-10-4-1-2-5-11(10)18-8-12(16)15-9-13(17)6-3-7-13/h1-2,4-5,17H,3,6-9H2,(H,15,16). The van der Waals surface area contributed by atoms with E-state index in [1.165, 1.54) is 0 Å². The number of carbonyl (C=O) groups excluding carboxylic acids is 1. The molecule has 0 unspecified atom stereocenters. The van der Waals surface area contributed by atoms with Crippen molar-refractivity contribution in [1.29, 1.82) is 0 Å². The van der Waals surface area contributed by atoms with Crippen molar-refractivity contribution in [1.82, 2.24) is 5.32 Å². The predicted octanol–water partition coefficient (Wildman–Crippen LogP) is 1.86. The number of amides is 1. The molecule has 1 amide bonds. The lowest BCUT2D eigenvalue weighted by Crippen LogP contribution is -2.48. The van der Waals surface area contributed by atoms with Gasteiger partial charge in [0.1, 0.15) is 5.75 Å². The summed E-state index contributed by atoms with van der Waals surface area (Å²) in [5.41, 5.74) is -0.691. The third-order valence-corrected chi connectivity index (χ3v) is 3.75. The molecule has 1 aliphatic rings. The molecule has 1 aliphatic carbocycles. The highest BCUT2D eigenvalue weighted by Gasteiger charge is 2.34. The van der Waals surface area contributed by atoms with Gasteiger partial charge in [-0.1, -0.05) is 12.1 Å². The molecule has 0 radical (unpaired) electrons.